The van der Waals surface area contributed by atoms with Crippen LogP contribution in [0.15, 0.2) is 36.5 Å². The van der Waals surface area contributed by atoms with Gasteiger partial charge in [0.25, 0.3) is 0 Å². The summed E-state index contributed by atoms with van der Waals surface area (Å²) in [5.41, 5.74) is 5.75. The van der Waals surface area contributed by atoms with E-state index in [-0.39, 0.29) is 6.03 Å². The van der Waals surface area contributed by atoms with E-state index in [2.05, 4.69) is 20.6 Å². The quantitative estimate of drug-likeness (QED) is 0.624. The Morgan fingerprint density at radius 3 is 2.79 bits per heavy atom. The molecule has 0 aromatic carbocycles. The summed E-state index contributed by atoms with van der Waals surface area (Å²) in [6.45, 7) is 7.34. The molecular weight excluding hydrogens is 352 g/mol. The van der Waals surface area contributed by atoms with Gasteiger partial charge in [-0.05, 0) is 63.1 Å². The Hall–Kier alpha value is -3.35. The normalized spacial score (nSPS) is 13.5. The summed E-state index contributed by atoms with van der Waals surface area (Å²) in [6, 6.07) is 9.63. The Balaban J connectivity index is 1.68. The van der Waals surface area contributed by atoms with E-state index in [4.69, 9.17) is 4.98 Å². The van der Waals surface area contributed by atoms with Crippen LogP contribution in [0.2, 0.25) is 0 Å². The van der Waals surface area contributed by atoms with Crippen molar-refractivity contribution < 1.29 is 4.79 Å². The summed E-state index contributed by atoms with van der Waals surface area (Å²) in [5.74, 6) is 1.33. The molecule has 0 aliphatic carbocycles. The van der Waals surface area contributed by atoms with Gasteiger partial charge in [0.15, 0.2) is 5.82 Å². The topological polar surface area (TPSA) is 85.9 Å². The molecule has 0 radical (unpaired) electrons. The third-order valence-corrected chi connectivity index (χ3v) is 4.96. The molecule has 1 aliphatic rings. The minimum absolute atomic E-state index is 0.193. The highest BCUT2D eigenvalue weighted by Crippen LogP contribution is 2.30. The number of nitrogens with zero attached hydrogens (tertiary/aromatic N) is 3. The summed E-state index contributed by atoms with van der Waals surface area (Å²) in [7, 11) is 0. The molecule has 7 nitrogen and oxygen atoms in total. The van der Waals surface area contributed by atoms with Gasteiger partial charge < -0.3 is 10.3 Å². The van der Waals surface area contributed by atoms with Gasteiger partial charge in [-0.2, -0.15) is 0 Å². The molecular formula is C21H24N6O. The van der Waals surface area contributed by atoms with Crippen molar-refractivity contribution in [2.75, 3.05) is 28.6 Å². The number of H-pyrrole nitrogens is 1. The van der Waals surface area contributed by atoms with Crippen molar-refractivity contribution in [3.05, 3.63) is 53.5 Å². The molecule has 4 heterocycles. The third kappa shape index (κ3) is 3.55. The number of pyridine rings is 2. The predicted octanol–water partition coefficient (Wildman–Crippen LogP) is 4.25. The zero-order chi connectivity index (χ0) is 19.7. The Kier molecular flexibility index (Phi) is 4.73. The van der Waals surface area contributed by atoms with E-state index < -0.39 is 0 Å². The molecule has 0 saturated heterocycles. The highest BCUT2D eigenvalue weighted by Gasteiger charge is 2.24. The van der Waals surface area contributed by atoms with E-state index in [9.17, 15) is 4.79 Å². The zero-order valence-corrected chi connectivity index (χ0v) is 16.3. The van der Waals surface area contributed by atoms with E-state index in [1.807, 2.05) is 51.1 Å². The molecule has 3 aromatic rings. The second-order valence-electron chi connectivity index (χ2n) is 7.11. The lowest BCUT2D eigenvalue weighted by molar-refractivity contribution is 0.256. The average Bonchev–Trinajstić information content (AvgIpc) is 2.87. The first kappa shape index (κ1) is 18.0. The van der Waals surface area contributed by atoms with Gasteiger partial charge in [0.2, 0.25) is 0 Å². The Bertz CT molecular complexity index is 1010. The number of anilines is 3. The minimum atomic E-state index is -0.193. The van der Waals surface area contributed by atoms with Crippen LogP contribution in [0.25, 0.3) is 11.3 Å². The Labute approximate surface area is 164 Å². The van der Waals surface area contributed by atoms with Gasteiger partial charge in [0.05, 0.1) is 11.4 Å². The number of carbonyl (C=O) groups is 1. The number of urea groups is 1. The number of hydrogen-bond acceptors (Lipinski definition) is 4. The van der Waals surface area contributed by atoms with Crippen LogP contribution >= 0.6 is 0 Å². The molecule has 28 heavy (non-hydrogen) atoms. The van der Waals surface area contributed by atoms with Crippen molar-refractivity contribution >= 4 is 23.4 Å². The second-order valence-corrected chi connectivity index (χ2v) is 7.11. The molecule has 2 amide bonds. The minimum Gasteiger partial charge on any atom is -0.382 e. The van der Waals surface area contributed by atoms with Crippen LogP contribution in [0.4, 0.5) is 22.1 Å². The van der Waals surface area contributed by atoms with Gasteiger partial charge in [-0.15, -0.1) is 0 Å². The number of aromatic amines is 1. The van der Waals surface area contributed by atoms with Gasteiger partial charge in [-0.1, -0.05) is 0 Å². The number of fused-ring (bicyclic) bond motifs is 1. The fourth-order valence-electron chi connectivity index (χ4n) is 3.33. The largest absolute Gasteiger partial charge is 0.382 e. The third-order valence-electron chi connectivity index (χ3n) is 4.96. The first-order valence-electron chi connectivity index (χ1n) is 9.44. The molecule has 0 bridgehead atoms. The predicted molar refractivity (Wildman–Crippen MR) is 112 cm³/mol. The lowest BCUT2D eigenvalue weighted by Crippen LogP contribution is -2.36. The van der Waals surface area contributed by atoms with Crippen LogP contribution in [-0.4, -0.2) is 34.1 Å². The Morgan fingerprint density at radius 1 is 1.18 bits per heavy atom. The number of aromatic nitrogens is 3. The van der Waals surface area contributed by atoms with Crippen molar-refractivity contribution in [1.82, 2.24) is 15.0 Å². The van der Waals surface area contributed by atoms with Gasteiger partial charge in [0.1, 0.15) is 5.82 Å². The molecule has 0 spiro atoms. The monoisotopic (exact) mass is 376 g/mol. The Morgan fingerprint density at radius 2 is 2.04 bits per heavy atom. The van der Waals surface area contributed by atoms with Crippen LogP contribution in [-0.2, 0) is 0 Å². The maximum Gasteiger partial charge on any atom is 0.328 e. The van der Waals surface area contributed by atoms with Gasteiger partial charge in [-0.25, -0.2) is 9.78 Å². The fraction of sp³-hybridized carbons (Fsp3) is 0.286. The van der Waals surface area contributed by atoms with Crippen molar-refractivity contribution in [1.29, 1.82) is 0 Å². The lowest BCUT2D eigenvalue weighted by Gasteiger charge is -2.22. The van der Waals surface area contributed by atoms with Crippen molar-refractivity contribution in [2.45, 2.75) is 27.2 Å². The first-order chi connectivity index (χ1) is 13.5. The molecule has 7 heteroatoms. The molecule has 4 rings (SSSR count). The van der Waals surface area contributed by atoms with Gasteiger partial charge in [0, 0.05) is 36.2 Å². The summed E-state index contributed by atoms with van der Waals surface area (Å²) in [6.07, 6.45) is 2.62. The summed E-state index contributed by atoms with van der Waals surface area (Å²) < 4.78 is 0. The van der Waals surface area contributed by atoms with Gasteiger partial charge >= 0.3 is 6.03 Å². The van der Waals surface area contributed by atoms with Crippen LogP contribution in [0.3, 0.4) is 0 Å². The van der Waals surface area contributed by atoms with E-state index in [0.29, 0.717) is 18.2 Å². The van der Waals surface area contributed by atoms with E-state index in [0.717, 1.165) is 46.9 Å². The van der Waals surface area contributed by atoms with E-state index >= 15 is 0 Å². The zero-order valence-electron chi connectivity index (χ0n) is 16.3. The molecule has 0 fully saturated rings. The number of nitrogens with one attached hydrogen (secondary N) is 3. The molecule has 3 N–H and O–H groups in total. The standard InChI is InChI=1S/C21H24N6O/c1-13-11-19(24-15(13)3)26-21(28)27-10-4-8-23-18-6-5-17(25-20(18)27)16-7-9-22-14(2)12-16/h5-7,9,11-12,23-24H,4,8,10H2,1-3H3,(H,26,28). The SMILES string of the molecule is Cc1cc(-c2ccc3c(n2)N(C(=O)Nc2cc(C)c(C)[nH]2)CCCN3)ccn1. The first-order valence-corrected chi connectivity index (χ1v) is 9.44. The molecule has 3 aromatic heterocycles. The average molecular weight is 376 g/mol. The lowest BCUT2D eigenvalue weighted by atomic mass is 10.1. The second kappa shape index (κ2) is 7.34. The van der Waals surface area contributed by atoms with Crippen LogP contribution in [0, 0.1) is 20.8 Å². The van der Waals surface area contributed by atoms with Crippen LogP contribution in [0.1, 0.15) is 23.4 Å². The molecule has 0 saturated carbocycles. The summed E-state index contributed by atoms with van der Waals surface area (Å²) >= 11 is 0. The van der Waals surface area contributed by atoms with E-state index in [1.54, 1.807) is 11.1 Å². The van der Waals surface area contributed by atoms with Crippen molar-refractivity contribution in [2.24, 2.45) is 0 Å². The number of carbonyl (C=O) groups excluding carboxylic acids is 1. The van der Waals surface area contributed by atoms with Crippen molar-refractivity contribution in [3.63, 3.8) is 0 Å². The fourth-order valence-corrected chi connectivity index (χ4v) is 3.33. The maximum absolute atomic E-state index is 13.0. The number of hydrogen-bond donors (Lipinski definition) is 3. The number of rotatable bonds is 2. The van der Waals surface area contributed by atoms with E-state index in [1.165, 1.54) is 0 Å². The molecule has 1 aliphatic heterocycles. The van der Waals surface area contributed by atoms with Gasteiger partial charge in [-0.3, -0.25) is 15.2 Å². The molecule has 0 atom stereocenters. The highest BCUT2D eigenvalue weighted by molar-refractivity contribution is 6.03. The number of amides is 2. The van der Waals surface area contributed by atoms with Crippen LogP contribution in [0.5, 0.6) is 0 Å². The van der Waals surface area contributed by atoms with Crippen molar-refractivity contribution in [3.8, 4) is 11.3 Å². The molecule has 0 unspecified atom stereocenters. The summed E-state index contributed by atoms with van der Waals surface area (Å²) in [5, 5.41) is 6.34. The van der Waals surface area contributed by atoms with Crippen LogP contribution < -0.4 is 15.5 Å². The molecule has 144 valence electrons. The highest BCUT2D eigenvalue weighted by atomic mass is 16.2. The number of aryl methyl sites for hydroxylation is 3. The maximum atomic E-state index is 13.0. The summed E-state index contributed by atoms with van der Waals surface area (Å²) in [4.78, 5) is 27.0. The smallest absolute Gasteiger partial charge is 0.328 e.